The molecule has 0 aromatic carbocycles. The number of carbonyl (C=O) groups is 1. The number of nitrogen functional groups attached to an aromatic ring is 1. The van der Waals surface area contributed by atoms with Crippen LogP contribution in [0.25, 0.3) is 11.2 Å². The van der Waals surface area contributed by atoms with Gasteiger partial charge in [0.15, 0.2) is 17.7 Å². The molecule has 2 aromatic heterocycles. The standard InChI is InChI=1S/C21H28N5O7P/c1-6-21(5)16-14(32-20(21)26-11-25-15-17(22)23-10-24-18(15)26)9-30-34(28,33-16)29-8-7-13(4)19(27)31-12(2)3/h1,10-14,16,20H,7-9H2,2-5H3,(H2,22,23,24)/t13-,14+,16+,20+,21+,34+/m0/s1. The van der Waals surface area contributed by atoms with Crippen molar-refractivity contribution >= 4 is 30.8 Å². The van der Waals surface area contributed by atoms with Gasteiger partial charge in [0.2, 0.25) is 0 Å². The molecule has 6 atom stereocenters. The summed E-state index contributed by atoms with van der Waals surface area (Å²) in [5.74, 6) is 2.17. The van der Waals surface area contributed by atoms with Crippen LogP contribution < -0.4 is 5.73 Å². The van der Waals surface area contributed by atoms with Crippen LogP contribution >= 0.6 is 7.82 Å². The highest BCUT2D eigenvalue weighted by atomic mass is 31.2. The van der Waals surface area contributed by atoms with Gasteiger partial charge in [-0.3, -0.25) is 22.9 Å². The maximum atomic E-state index is 13.2. The molecule has 2 saturated heterocycles. The van der Waals surface area contributed by atoms with E-state index in [2.05, 4.69) is 20.9 Å². The summed E-state index contributed by atoms with van der Waals surface area (Å²) in [6, 6.07) is 0. The number of phosphoric ester groups is 1. The summed E-state index contributed by atoms with van der Waals surface area (Å²) in [7, 11) is -3.95. The van der Waals surface area contributed by atoms with Gasteiger partial charge in [-0.2, -0.15) is 0 Å². The summed E-state index contributed by atoms with van der Waals surface area (Å²) in [6.07, 6.45) is 6.69. The van der Waals surface area contributed by atoms with Crippen molar-refractivity contribution in [3.05, 3.63) is 12.7 Å². The van der Waals surface area contributed by atoms with Gasteiger partial charge in [-0.05, 0) is 27.2 Å². The van der Waals surface area contributed by atoms with Crippen LogP contribution in [0.15, 0.2) is 12.7 Å². The van der Waals surface area contributed by atoms with E-state index in [-0.39, 0.29) is 37.5 Å². The lowest BCUT2D eigenvalue weighted by molar-refractivity contribution is -0.152. The lowest BCUT2D eigenvalue weighted by Crippen LogP contribution is -2.42. The van der Waals surface area contributed by atoms with Crippen molar-refractivity contribution in [1.29, 1.82) is 0 Å². The van der Waals surface area contributed by atoms with Gasteiger partial charge in [-0.1, -0.05) is 12.8 Å². The Bertz CT molecular complexity index is 1160. The number of carbonyl (C=O) groups excluding carboxylic acids is 1. The number of nitrogens with two attached hydrogens (primary N) is 1. The van der Waals surface area contributed by atoms with Gasteiger partial charge in [-0.15, -0.1) is 6.42 Å². The third-order valence-electron chi connectivity index (χ3n) is 5.89. The number of anilines is 1. The lowest BCUT2D eigenvalue weighted by Gasteiger charge is -2.35. The van der Waals surface area contributed by atoms with E-state index in [1.54, 1.807) is 32.3 Å². The molecule has 0 aliphatic carbocycles. The highest BCUT2D eigenvalue weighted by Crippen LogP contribution is 2.61. The Morgan fingerprint density at radius 2 is 2.18 bits per heavy atom. The number of terminal acetylenes is 1. The predicted octanol–water partition coefficient (Wildman–Crippen LogP) is 2.46. The molecule has 2 fully saturated rings. The molecule has 2 aliphatic rings. The van der Waals surface area contributed by atoms with Crippen molar-refractivity contribution in [2.45, 2.75) is 58.7 Å². The highest BCUT2D eigenvalue weighted by molar-refractivity contribution is 7.48. The zero-order chi connectivity index (χ0) is 24.7. The quantitative estimate of drug-likeness (QED) is 0.344. The van der Waals surface area contributed by atoms with Crippen molar-refractivity contribution < 1.29 is 32.4 Å². The molecule has 0 bridgehead atoms. The highest BCUT2D eigenvalue weighted by Gasteiger charge is 2.60. The smallest absolute Gasteiger partial charge is 0.463 e. The molecule has 184 valence electrons. The first-order chi connectivity index (χ1) is 16.1. The molecular weight excluding hydrogens is 465 g/mol. The first-order valence-corrected chi connectivity index (χ1v) is 12.4. The van der Waals surface area contributed by atoms with Crippen molar-refractivity contribution in [2.24, 2.45) is 11.3 Å². The van der Waals surface area contributed by atoms with Crippen LogP contribution in [0.3, 0.4) is 0 Å². The van der Waals surface area contributed by atoms with Crippen LogP contribution in [0.2, 0.25) is 0 Å². The third kappa shape index (κ3) is 4.42. The Morgan fingerprint density at radius 1 is 1.41 bits per heavy atom. The molecule has 0 unspecified atom stereocenters. The second-order valence-electron chi connectivity index (χ2n) is 8.81. The fourth-order valence-electron chi connectivity index (χ4n) is 3.97. The Morgan fingerprint density at radius 3 is 2.88 bits per heavy atom. The van der Waals surface area contributed by atoms with Crippen LogP contribution in [0.5, 0.6) is 0 Å². The largest absolute Gasteiger partial charge is 0.475 e. The number of rotatable bonds is 7. The average molecular weight is 493 g/mol. The maximum absolute atomic E-state index is 13.2. The van der Waals surface area contributed by atoms with Gasteiger partial charge in [0.05, 0.1) is 31.6 Å². The molecule has 2 aromatic rings. The number of aromatic nitrogens is 4. The van der Waals surface area contributed by atoms with Gasteiger partial charge in [-0.25, -0.2) is 19.5 Å². The van der Waals surface area contributed by atoms with Gasteiger partial charge < -0.3 is 15.2 Å². The number of imidazole rings is 1. The van der Waals surface area contributed by atoms with Crippen molar-refractivity contribution in [2.75, 3.05) is 18.9 Å². The van der Waals surface area contributed by atoms with E-state index in [0.717, 1.165) is 0 Å². The van der Waals surface area contributed by atoms with Gasteiger partial charge in [0, 0.05) is 0 Å². The molecule has 13 heteroatoms. The molecule has 4 heterocycles. The van der Waals surface area contributed by atoms with Crippen LogP contribution in [-0.4, -0.2) is 57.0 Å². The van der Waals surface area contributed by atoms with Crippen molar-refractivity contribution in [3.8, 4) is 12.3 Å². The van der Waals surface area contributed by atoms with Crippen molar-refractivity contribution in [1.82, 2.24) is 19.5 Å². The van der Waals surface area contributed by atoms with E-state index in [1.165, 1.54) is 12.7 Å². The van der Waals surface area contributed by atoms with Crippen LogP contribution in [-0.2, 0) is 32.4 Å². The Kier molecular flexibility index (Phi) is 6.68. The number of hydrogen-bond donors (Lipinski definition) is 1. The number of fused-ring (bicyclic) bond motifs is 2. The molecule has 0 radical (unpaired) electrons. The van der Waals surface area contributed by atoms with Crippen molar-refractivity contribution in [3.63, 3.8) is 0 Å². The topological polar surface area (TPSA) is 150 Å². The minimum atomic E-state index is -3.95. The van der Waals surface area contributed by atoms with E-state index in [1.807, 2.05) is 0 Å². The van der Waals surface area contributed by atoms with Crippen LogP contribution in [0.4, 0.5) is 5.82 Å². The van der Waals surface area contributed by atoms with Crippen LogP contribution in [0, 0.1) is 23.7 Å². The average Bonchev–Trinajstić information content (AvgIpc) is 3.33. The summed E-state index contributed by atoms with van der Waals surface area (Å²) < 4.78 is 42.9. The molecule has 2 aliphatic heterocycles. The number of phosphoric acid groups is 1. The molecule has 34 heavy (non-hydrogen) atoms. The van der Waals surface area contributed by atoms with Gasteiger partial charge in [0.25, 0.3) is 0 Å². The molecule has 0 spiro atoms. The molecule has 12 nitrogen and oxygen atoms in total. The second-order valence-corrected chi connectivity index (χ2v) is 10.4. The summed E-state index contributed by atoms with van der Waals surface area (Å²) in [6.45, 7) is 6.94. The fourth-order valence-corrected chi connectivity index (χ4v) is 5.46. The Balaban J connectivity index is 1.48. The Labute approximate surface area is 197 Å². The number of esters is 1. The number of nitrogens with zero attached hydrogens (tertiary/aromatic N) is 4. The first-order valence-electron chi connectivity index (χ1n) is 10.9. The first kappa shape index (κ1) is 24.6. The molecule has 0 amide bonds. The summed E-state index contributed by atoms with van der Waals surface area (Å²) in [5.41, 5.74) is 5.69. The van der Waals surface area contributed by atoms with E-state index >= 15 is 0 Å². The zero-order valence-electron chi connectivity index (χ0n) is 19.4. The fraction of sp³-hybridized carbons (Fsp3) is 0.619. The van der Waals surface area contributed by atoms with E-state index in [9.17, 15) is 9.36 Å². The summed E-state index contributed by atoms with van der Waals surface area (Å²) >= 11 is 0. The minimum Gasteiger partial charge on any atom is -0.463 e. The second kappa shape index (κ2) is 9.24. The van der Waals surface area contributed by atoms with E-state index in [0.29, 0.717) is 11.2 Å². The van der Waals surface area contributed by atoms with E-state index in [4.69, 9.17) is 35.2 Å². The minimum absolute atomic E-state index is 0.0254. The zero-order valence-corrected chi connectivity index (χ0v) is 20.3. The predicted molar refractivity (Wildman–Crippen MR) is 120 cm³/mol. The third-order valence-corrected chi connectivity index (χ3v) is 7.34. The lowest BCUT2D eigenvalue weighted by atomic mass is 9.83. The molecule has 2 N–H and O–H groups in total. The summed E-state index contributed by atoms with van der Waals surface area (Å²) in [4.78, 5) is 24.4. The van der Waals surface area contributed by atoms with Gasteiger partial charge >= 0.3 is 13.8 Å². The monoisotopic (exact) mass is 493 g/mol. The van der Waals surface area contributed by atoms with Crippen LogP contribution in [0.1, 0.15) is 40.3 Å². The Hall–Kier alpha value is -2.55. The number of ether oxygens (including phenoxy) is 2. The molecular formula is C21H28N5O7P. The SMILES string of the molecule is C#C[C@]1(C)[C@@H]2O[P@](=O)(OCC[C@H](C)C(=O)OC(C)C)OC[C@H]2O[C@H]1n1cnc2c(N)ncnc21. The molecule has 0 saturated carbocycles. The molecule has 4 rings (SSSR count). The van der Waals surface area contributed by atoms with Gasteiger partial charge in [0.1, 0.15) is 29.5 Å². The number of hydrogen-bond acceptors (Lipinski definition) is 11. The maximum Gasteiger partial charge on any atom is 0.475 e. The van der Waals surface area contributed by atoms with E-state index < -0.39 is 37.6 Å². The summed E-state index contributed by atoms with van der Waals surface area (Å²) in [5, 5.41) is 0. The normalized spacial score (nSPS) is 31.8.